The summed E-state index contributed by atoms with van der Waals surface area (Å²) in [7, 11) is 1.84. The predicted molar refractivity (Wildman–Crippen MR) is 109 cm³/mol. The van der Waals surface area contributed by atoms with E-state index >= 15 is 0 Å². The van der Waals surface area contributed by atoms with Crippen LogP contribution in [0.4, 0.5) is 4.39 Å². The van der Waals surface area contributed by atoms with E-state index in [0.29, 0.717) is 17.4 Å². The van der Waals surface area contributed by atoms with Crippen molar-refractivity contribution in [3.63, 3.8) is 0 Å². The highest BCUT2D eigenvalue weighted by atomic mass is 19.1. The number of halogens is 1. The van der Waals surface area contributed by atoms with Gasteiger partial charge in [0.05, 0.1) is 0 Å². The van der Waals surface area contributed by atoms with Crippen molar-refractivity contribution in [3.8, 4) is 0 Å². The minimum absolute atomic E-state index is 0.0657. The standard InChI is InChI=1S/C22H26FN5O/c1-26(21(29)20-16-28-10-3-9-24-22(28)25-20)15-18-7-12-27(13-8-18)11-6-17-4-2-5-19(23)14-17/h2-5,9-10,14,16,18H,6-8,11-13,15H2,1H3. The van der Waals surface area contributed by atoms with Crippen LogP contribution in [0, 0.1) is 11.7 Å². The number of aromatic nitrogens is 3. The second-order valence-electron chi connectivity index (χ2n) is 7.80. The van der Waals surface area contributed by atoms with Crippen LogP contribution in [-0.4, -0.2) is 63.3 Å². The number of carbonyl (C=O) groups excluding carboxylic acids is 1. The van der Waals surface area contributed by atoms with Crippen LogP contribution in [0.25, 0.3) is 5.78 Å². The van der Waals surface area contributed by atoms with Crippen LogP contribution < -0.4 is 0 Å². The highest BCUT2D eigenvalue weighted by Gasteiger charge is 2.23. The smallest absolute Gasteiger partial charge is 0.273 e. The van der Waals surface area contributed by atoms with Gasteiger partial charge in [0, 0.05) is 38.7 Å². The van der Waals surface area contributed by atoms with Gasteiger partial charge in [0.2, 0.25) is 5.78 Å². The number of hydrogen-bond donors (Lipinski definition) is 0. The van der Waals surface area contributed by atoms with E-state index in [4.69, 9.17) is 0 Å². The summed E-state index contributed by atoms with van der Waals surface area (Å²) in [5.41, 5.74) is 1.47. The van der Waals surface area contributed by atoms with Crippen LogP contribution in [-0.2, 0) is 6.42 Å². The molecule has 4 rings (SSSR count). The van der Waals surface area contributed by atoms with Crippen molar-refractivity contribution >= 4 is 11.7 Å². The van der Waals surface area contributed by atoms with Crippen LogP contribution in [0.1, 0.15) is 28.9 Å². The Bertz CT molecular complexity index is 947. The molecule has 2 aromatic heterocycles. The normalized spacial score (nSPS) is 15.7. The number of piperidine rings is 1. The lowest BCUT2D eigenvalue weighted by molar-refractivity contribution is 0.0735. The largest absolute Gasteiger partial charge is 0.340 e. The van der Waals surface area contributed by atoms with Gasteiger partial charge in [-0.1, -0.05) is 12.1 Å². The number of nitrogens with zero attached hydrogens (tertiary/aromatic N) is 5. The predicted octanol–water partition coefficient (Wildman–Crippen LogP) is 2.90. The first-order valence-electron chi connectivity index (χ1n) is 10.1. The Morgan fingerprint density at radius 3 is 2.86 bits per heavy atom. The number of amides is 1. The van der Waals surface area contributed by atoms with E-state index in [2.05, 4.69) is 14.9 Å². The van der Waals surface area contributed by atoms with Gasteiger partial charge >= 0.3 is 0 Å². The minimum atomic E-state index is -0.171. The van der Waals surface area contributed by atoms with E-state index in [-0.39, 0.29) is 11.7 Å². The first-order valence-corrected chi connectivity index (χ1v) is 10.1. The number of rotatable bonds is 6. The van der Waals surface area contributed by atoms with Crippen LogP contribution in [0.3, 0.4) is 0 Å². The summed E-state index contributed by atoms with van der Waals surface area (Å²) in [5, 5.41) is 0. The van der Waals surface area contributed by atoms with Gasteiger partial charge in [0.1, 0.15) is 11.5 Å². The van der Waals surface area contributed by atoms with Gasteiger partial charge in [0.15, 0.2) is 0 Å². The van der Waals surface area contributed by atoms with Crippen LogP contribution in [0.5, 0.6) is 0 Å². The van der Waals surface area contributed by atoms with E-state index in [9.17, 15) is 9.18 Å². The molecule has 0 spiro atoms. The third-order valence-electron chi connectivity index (χ3n) is 5.65. The van der Waals surface area contributed by atoms with E-state index in [1.807, 2.05) is 25.4 Å². The fourth-order valence-corrected chi connectivity index (χ4v) is 3.97. The summed E-state index contributed by atoms with van der Waals surface area (Å²) in [5.74, 6) is 0.791. The topological polar surface area (TPSA) is 53.7 Å². The van der Waals surface area contributed by atoms with Gasteiger partial charge in [-0.15, -0.1) is 0 Å². The fraction of sp³-hybridized carbons (Fsp3) is 0.409. The zero-order valence-corrected chi connectivity index (χ0v) is 16.7. The summed E-state index contributed by atoms with van der Waals surface area (Å²) in [4.78, 5) is 25.4. The van der Waals surface area contributed by atoms with E-state index in [0.717, 1.165) is 51.0 Å². The lowest BCUT2D eigenvalue weighted by Gasteiger charge is -2.33. The molecule has 152 valence electrons. The molecule has 0 aliphatic carbocycles. The Kier molecular flexibility index (Phi) is 5.85. The molecule has 1 aliphatic heterocycles. The Morgan fingerprint density at radius 1 is 1.28 bits per heavy atom. The molecule has 3 aromatic rings. The van der Waals surface area contributed by atoms with Crippen LogP contribution >= 0.6 is 0 Å². The van der Waals surface area contributed by atoms with Gasteiger partial charge in [-0.05, 0) is 62.0 Å². The number of benzene rings is 1. The third kappa shape index (κ3) is 4.79. The maximum Gasteiger partial charge on any atom is 0.273 e. The lowest BCUT2D eigenvalue weighted by Crippen LogP contribution is -2.40. The summed E-state index contributed by atoms with van der Waals surface area (Å²) < 4.78 is 15.1. The second-order valence-corrected chi connectivity index (χ2v) is 7.80. The van der Waals surface area contributed by atoms with Crippen molar-refractivity contribution in [3.05, 3.63) is 66.0 Å². The Hall–Kier alpha value is -2.80. The molecular formula is C22H26FN5O. The van der Waals surface area contributed by atoms with Crippen molar-refractivity contribution in [1.29, 1.82) is 0 Å². The molecule has 1 aliphatic rings. The van der Waals surface area contributed by atoms with Gasteiger partial charge in [-0.2, -0.15) is 0 Å². The molecular weight excluding hydrogens is 369 g/mol. The summed E-state index contributed by atoms with van der Waals surface area (Å²) in [6.45, 7) is 3.71. The number of fused-ring (bicyclic) bond motifs is 1. The molecule has 29 heavy (non-hydrogen) atoms. The van der Waals surface area contributed by atoms with E-state index < -0.39 is 0 Å². The summed E-state index contributed by atoms with van der Waals surface area (Å²) in [6, 6.07) is 8.65. The van der Waals surface area contributed by atoms with Crippen molar-refractivity contribution in [2.24, 2.45) is 5.92 Å². The van der Waals surface area contributed by atoms with Gasteiger partial charge < -0.3 is 9.80 Å². The number of imidazole rings is 1. The van der Waals surface area contributed by atoms with Gasteiger partial charge in [0.25, 0.3) is 5.91 Å². The van der Waals surface area contributed by atoms with Crippen molar-refractivity contribution in [2.75, 3.05) is 33.2 Å². The van der Waals surface area contributed by atoms with Crippen molar-refractivity contribution in [1.82, 2.24) is 24.2 Å². The Labute approximate surface area is 170 Å². The molecule has 3 heterocycles. The van der Waals surface area contributed by atoms with Crippen LogP contribution in [0.15, 0.2) is 48.9 Å². The SMILES string of the molecule is CN(CC1CCN(CCc2cccc(F)c2)CC1)C(=O)c1cn2cccnc2n1. The van der Waals surface area contributed by atoms with Crippen molar-refractivity contribution in [2.45, 2.75) is 19.3 Å². The minimum Gasteiger partial charge on any atom is -0.340 e. The quantitative estimate of drug-likeness (QED) is 0.644. The molecule has 0 atom stereocenters. The molecule has 1 saturated heterocycles. The summed E-state index contributed by atoms with van der Waals surface area (Å²) in [6.07, 6.45) is 8.23. The number of hydrogen-bond acceptors (Lipinski definition) is 4. The average molecular weight is 395 g/mol. The van der Waals surface area contributed by atoms with Gasteiger partial charge in [-0.3, -0.25) is 9.20 Å². The zero-order valence-electron chi connectivity index (χ0n) is 16.7. The first kappa shape index (κ1) is 19.5. The lowest BCUT2D eigenvalue weighted by atomic mass is 9.96. The molecule has 0 saturated carbocycles. The Morgan fingerprint density at radius 2 is 2.10 bits per heavy atom. The fourth-order valence-electron chi connectivity index (χ4n) is 3.97. The molecule has 0 radical (unpaired) electrons. The number of carbonyl (C=O) groups is 1. The highest BCUT2D eigenvalue weighted by molar-refractivity contribution is 5.92. The van der Waals surface area contributed by atoms with Crippen molar-refractivity contribution < 1.29 is 9.18 Å². The molecule has 1 fully saturated rings. The maximum atomic E-state index is 13.3. The molecule has 0 unspecified atom stereocenters. The third-order valence-corrected chi connectivity index (χ3v) is 5.65. The second kappa shape index (κ2) is 8.69. The monoisotopic (exact) mass is 395 g/mol. The Balaban J connectivity index is 1.25. The summed E-state index contributed by atoms with van der Waals surface area (Å²) >= 11 is 0. The molecule has 0 bridgehead atoms. The van der Waals surface area contributed by atoms with Gasteiger partial charge in [-0.25, -0.2) is 14.4 Å². The van der Waals surface area contributed by atoms with E-state index in [1.165, 1.54) is 6.07 Å². The number of likely N-dealkylation sites (tertiary alicyclic amines) is 1. The van der Waals surface area contributed by atoms with E-state index in [1.54, 1.807) is 33.8 Å². The highest BCUT2D eigenvalue weighted by Crippen LogP contribution is 2.19. The average Bonchev–Trinajstić information content (AvgIpc) is 3.17. The molecule has 1 amide bonds. The zero-order chi connectivity index (χ0) is 20.2. The molecule has 7 heteroatoms. The van der Waals surface area contributed by atoms with Crippen LogP contribution in [0.2, 0.25) is 0 Å². The molecule has 0 N–H and O–H groups in total. The molecule has 6 nitrogen and oxygen atoms in total. The molecule has 1 aromatic carbocycles. The first-order chi connectivity index (χ1) is 14.1. The maximum absolute atomic E-state index is 13.3.